The second-order valence-electron chi connectivity index (χ2n) is 4.41. The van der Waals surface area contributed by atoms with Crippen LogP contribution < -0.4 is 0 Å². The molecule has 0 radical (unpaired) electrons. The molecule has 0 aliphatic carbocycles. The molecular weight excluding hydrogens is 275 g/mol. The van der Waals surface area contributed by atoms with E-state index in [4.69, 9.17) is 34.8 Å². The van der Waals surface area contributed by atoms with Crippen LogP contribution >= 0.6 is 34.8 Å². The largest absolute Gasteiger partial charge is 0.118 e. The van der Waals surface area contributed by atoms with E-state index < -0.39 is 0 Å². The Labute approximate surface area is 119 Å². The van der Waals surface area contributed by atoms with Crippen molar-refractivity contribution in [1.29, 1.82) is 0 Å². The van der Waals surface area contributed by atoms with Gasteiger partial charge in [0, 0.05) is 0 Å². The molecule has 0 N–H and O–H groups in total. The standard InChI is InChI=1S/C14H19Cl3/c1-3-5-10(6-4-2)14(17)11-7-8-12(15)13(16)9-11/h7-10,14H,3-6H2,1-2H3. The second kappa shape index (κ2) is 7.51. The van der Waals surface area contributed by atoms with E-state index in [0.717, 1.165) is 31.2 Å². The fourth-order valence-corrected chi connectivity index (χ4v) is 2.83. The maximum Gasteiger partial charge on any atom is 0.0613 e. The monoisotopic (exact) mass is 292 g/mol. The molecule has 0 nitrogen and oxygen atoms in total. The molecular formula is C14H19Cl3. The fourth-order valence-electron chi connectivity index (χ4n) is 2.13. The highest BCUT2D eigenvalue weighted by atomic mass is 35.5. The summed E-state index contributed by atoms with van der Waals surface area (Å²) in [5, 5.41) is 1.20. The first-order valence-corrected chi connectivity index (χ1v) is 7.38. The van der Waals surface area contributed by atoms with Gasteiger partial charge in [-0.15, -0.1) is 11.6 Å². The zero-order chi connectivity index (χ0) is 12.8. The second-order valence-corrected chi connectivity index (χ2v) is 5.70. The molecule has 96 valence electrons. The van der Waals surface area contributed by atoms with Crippen LogP contribution in [0.2, 0.25) is 10.0 Å². The lowest BCUT2D eigenvalue weighted by molar-refractivity contribution is 0.426. The topological polar surface area (TPSA) is 0 Å². The average Bonchev–Trinajstić information content (AvgIpc) is 2.31. The summed E-state index contributed by atoms with van der Waals surface area (Å²) in [6, 6.07) is 5.69. The maximum atomic E-state index is 6.55. The molecule has 0 amide bonds. The molecule has 0 fully saturated rings. The van der Waals surface area contributed by atoms with Crippen molar-refractivity contribution in [2.45, 2.75) is 44.9 Å². The minimum atomic E-state index is 0.0321. The van der Waals surface area contributed by atoms with Gasteiger partial charge in [-0.3, -0.25) is 0 Å². The number of hydrogen-bond acceptors (Lipinski definition) is 0. The molecule has 1 aromatic rings. The molecule has 0 aromatic heterocycles. The lowest BCUT2D eigenvalue weighted by Crippen LogP contribution is -2.08. The molecule has 1 atom stereocenters. The van der Waals surface area contributed by atoms with E-state index in [9.17, 15) is 0 Å². The van der Waals surface area contributed by atoms with E-state index in [1.54, 1.807) is 0 Å². The Kier molecular flexibility index (Phi) is 6.69. The molecule has 0 aliphatic heterocycles. The minimum Gasteiger partial charge on any atom is -0.118 e. The highest BCUT2D eigenvalue weighted by Crippen LogP contribution is 2.37. The minimum absolute atomic E-state index is 0.0321. The van der Waals surface area contributed by atoms with Crippen LogP contribution in [-0.2, 0) is 0 Å². The van der Waals surface area contributed by atoms with Crippen molar-refractivity contribution in [3.05, 3.63) is 33.8 Å². The first kappa shape index (κ1) is 15.1. The van der Waals surface area contributed by atoms with E-state index in [1.807, 2.05) is 18.2 Å². The van der Waals surface area contributed by atoms with Gasteiger partial charge in [0.25, 0.3) is 0 Å². The van der Waals surface area contributed by atoms with Crippen LogP contribution in [0.15, 0.2) is 18.2 Å². The van der Waals surface area contributed by atoms with E-state index in [0.29, 0.717) is 16.0 Å². The Morgan fingerprint density at radius 1 is 1.00 bits per heavy atom. The summed E-state index contributed by atoms with van der Waals surface area (Å²) >= 11 is 18.5. The van der Waals surface area contributed by atoms with Crippen LogP contribution in [0.1, 0.15) is 50.5 Å². The predicted molar refractivity (Wildman–Crippen MR) is 78.4 cm³/mol. The van der Waals surface area contributed by atoms with E-state index in [1.165, 1.54) is 0 Å². The van der Waals surface area contributed by atoms with Gasteiger partial charge < -0.3 is 0 Å². The van der Waals surface area contributed by atoms with E-state index >= 15 is 0 Å². The highest BCUT2D eigenvalue weighted by Gasteiger charge is 2.20. The predicted octanol–water partition coefficient (Wildman–Crippen LogP) is 6.49. The van der Waals surface area contributed by atoms with Crippen molar-refractivity contribution in [3.8, 4) is 0 Å². The molecule has 17 heavy (non-hydrogen) atoms. The van der Waals surface area contributed by atoms with Crippen molar-refractivity contribution >= 4 is 34.8 Å². The van der Waals surface area contributed by atoms with Gasteiger partial charge >= 0.3 is 0 Å². The molecule has 0 heterocycles. The molecule has 0 saturated carbocycles. The molecule has 1 unspecified atom stereocenters. The van der Waals surface area contributed by atoms with Gasteiger partial charge in [-0.1, -0.05) is 56.0 Å². The van der Waals surface area contributed by atoms with E-state index in [-0.39, 0.29) is 5.38 Å². The van der Waals surface area contributed by atoms with Crippen LogP contribution in [0.25, 0.3) is 0 Å². The Bertz CT molecular complexity index is 343. The smallest absolute Gasteiger partial charge is 0.0613 e. The van der Waals surface area contributed by atoms with Gasteiger partial charge in [-0.05, 0) is 36.5 Å². The average molecular weight is 294 g/mol. The lowest BCUT2D eigenvalue weighted by Gasteiger charge is -2.22. The van der Waals surface area contributed by atoms with Crippen LogP contribution in [0.3, 0.4) is 0 Å². The summed E-state index contributed by atoms with van der Waals surface area (Å²) in [6.07, 6.45) is 4.63. The zero-order valence-corrected chi connectivity index (χ0v) is 12.6. The number of hydrogen-bond donors (Lipinski definition) is 0. The number of benzene rings is 1. The van der Waals surface area contributed by atoms with Crippen molar-refractivity contribution in [3.63, 3.8) is 0 Å². The van der Waals surface area contributed by atoms with E-state index in [2.05, 4.69) is 13.8 Å². The SMILES string of the molecule is CCCC(CCC)C(Cl)c1ccc(Cl)c(Cl)c1. The van der Waals surface area contributed by atoms with Crippen LogP contribution in [-0.4, -0.2) is 0 Å². The van der Waals surface area contributed by atoms with Gasteiger partial charge in [-0.25, -0.2) is 0 Å². The maximum absolute atomic E-state index is 6.55. The van der Waals surface area contributed by atoms with Crippen molar-refractivity contribution in [2.24, 2.45) is 5.92 Å². The first-order valence-electron chi connectivity index (χ1n) is 6.19. The third-order valence-electron chi connectivity index (χ3n) is 2.99. The lowest BCUT2D eigenvalue weighted by atomic mass is 9.90. The van der Waals surface area contributed by atoms with Gasteiger partial charge in [0.1, 0.15) is 0 Å². The summed E-state index contributed by atoms with van der Waals surface area (Å²) in [6.45, 7) is 4.39. The molecule has 1 aromatic carbocycles. The number of halogens is 3. The molecule has 3 heteroatoms. The third kappa shape index (κ3) is 4.35. The highest BCUT2D eigenvalue weighted by molar-refractivity contribution is 6.42. The Morgan fingerprint density at radius 3 is 2.06 bits per heavy atom. The van der Waals surface area contributed by atoms with Gasteiger partial charge in [-0.2, -0.15) is 0 Å². The summed E-state index contributed by atoms with van der Waals surface area (Å²) in [4.78, 5) is 0. The summed E-state index contributed by atoms with van der Waals surface area (Å²) in [5.41, 5.74) is 1.08. The Morgan fingerprint density at radius 2 is 1.59 bits per heavy atom. The zero-order valence-electron chi connectivity index (χ0n) is 10.3. The summed E-state index contributed by atoms with van der Waals surface area (Å²) in [7, 11) is 0. The van der Waals surface area contributed by atoms with Crippen LogP contribution in [0.4, 0.5) is 0 Å². The molecule has 0 bridgehead atoms. The van der Waals surface area contributed by atoms with Gasteiger partial charge in [0.15, 0.2) is 0 Å². The number of alkyl halides is 1. The Balaban J connectivity index is 2.84. The Hall–Kier alpha value is 0.0900. The summed E-state index contributed by atoms with van der Waals surface area (Å²) < 4.78 is 0. The van der Waals surface area contributed by atoms with Gasteiger partial charge in [0.2, 0.25) is 0 Å². The number of rotatable bonds is 6. The fraction of sp³-hybridized carbons (Fsp3) is 0.571. The van der Waals surface area contributed by atoms with Gasteiger partial charge in [0.05, 0.1) is 15.4 Å². The molecule has 0 spiro atoms. The summed E-state index contributed by atoms with van der Waals surface area (Å²) in [5.74, 6) is 0.518. The van der Waals surface area contributed by atoms with Crippen LogP contribution in [0.5, 0.6) is 0 Å². The van der Waals surface area contributed by atoms with Crippen molar-refractivity contribution in [2.75, 3.05) is 0 Å². The quantitative estimate of drug-likeness (QED) is 0.526. The van der Waals surface area contributed by atoms with Crippen molar-refractivity contribution < 1.29 is 0 Å². The van der Waals surface area contributed by atoms with Crippen LogP contribution in [0, 0.1) is 5.92 Å². The molecule has 0 aliphatic rings. The van der Waals surface area contributed by atoms with Crippen molar-refractivity contribution in [1.82, 2.24) is 0 Å². The normalized spacial score (nSPS) is 13.1. The molecule has 1 rings (SSSR count). The third-order valence-corrected chi connectivity index (χ3v) is 4.34. The first-order chi connectivity index (χ1) is 8.10. The molecule has 0 saturated heterocycles.